The summed E-state index contributed by atoms with van der Waals surface area (Å²) in [4.78, 5) is 11.3. The van der Waals surface area contributed by atoms with Crippen molar-refractivity contribution in [3.05, 3.63) is 58.8 Å². The van der Waals surface area contributed by atoms with E-state index in [1.54, 1.807) is 19.1 Å². The zero-order valence-corrected chi connectivity index (χ0v) is 18.5. The summed E-state index contributed by atoms with van der Waals surface area (Å²) in [6, 6.07) is 7.40. The molecule has 4 nitrogen and oxygen atoms in total. The van der Waals surface area contributed by atoms with E-state index in [2.05, 4.69) is 0 Å². The smallest absolute Gasteiger partial charge is 0.306 e. The number of aromatic hydroxyl groups is 1. The average molecular weight is 440 g/mol. The molecule has 5 rings (SSSR count). The minimum Gasteiger partial charge on any atom is -0.507 e. The standard InChI is InChI=1S/C26H27F2NO3/c1-13(2)23-21(15-9-26(10-15)11-16(12-26)25(31)32)22-20(30)7-6-19(28)24(22)29(23)17-4-5-18(27)14(3)8-17/h4-8,13,15-16,30H,9-12H2,1-3H3,(H,31,32). The molecule has 3 aromatic rings. The van der Waals surface area contributed by atoms with Gasteiger partial charge in [-0.25, -0.2) is 8.78 Å². The van der Waals surface area contributed by atoms with Gasteiger partial charge in [0.15, 0.2) is 0 Å². The number of hydrogen-bond acceptors (Lipinski definition) is 2. The lowest BCUT2D eigenvalue weighted by atomic mass is 9.47. The molecule has 0 unspecified atom stereocenters. The van der Waals surface area contributed by atoms with Crippen molar-refractivity contribution in [3.63, 3.8) is 0 Å². The quantitative estimate of drug-likeness (QED) is 0.494. The monoisotopic (exact) mass is 439 g/mol. The number of fused-ring (bicyclic) bond motifs is 1. The molecule has 0 aliphatic heterocycles. The van der Waals surface area contributed by atoms with E-state index in [4.69, 9.17) is 0 Å². The van der Waals surface area contributed by atoms with Crippen molar-refractivity contribution in [2.45, 2.75) is 58.3 Å². The molecule has 0 saturated heterocycles. The van der Waals surface area contributed by atoms with Crippen LogP contribution in [-0.4, -0.2) is 20.7 Å². The Kier molecular flexibility index (Phi) is 4.63. The Bertz CT molecular complexity index is 1250. The van der Waals surface area contributed by atoms with Gasteiger partial charge in [0, 0.05) is 16.8 Å². The highest BCUT2D eigenvalue weighted by molar-refractivity contribution is 5.94. The molecule has 2 aliphatic rings. The van der Waals surface area contributed by atoms with Crippen LogP contribution < -0.4 is 0 Å². The van der Waals surface area contributed by atoms with E-state index < -0.39 is 11.8 Å². The predicted octanol–water partition coefficient (Wildman–Crippen LogP) is 6.40. The summed E-state index contributed by atoms with van der Waals surface area (Å²) in [5.74, 6) is -1.56. The zero-order chi connectivity index (χ0) is 22.9. The number of aryl methyl sites for hydroxylation is 1. The molecule has 1 heterocycles. The second-order valence-electron chi connectivity index (χ2n) is 10.1. The van der Waals surface area contributed by atoms with Gasteiger partial charge in [-0.1, -0.05) is 13.8 Å². The van der Waals surface area contributed by atoms with Gasteiger partial charge in [-0.05, 0) is 91.3 Å². The van der Waals surface area contributed by atoms with Crippen molar-refractivity contribution in [2.75, 3.05) is 0 Å². The number of aromatic nitrogens is 1. The van der Waals surface area contributed by atoms with Crippen LogP contribution in [0.1, 0.15) is 68.2 Å². The molecule has 1 aromatic heterocycles. The second-order valence-corrected chi connectivity index (χ2v) is 10.1. The maximum absolute atomic E-state index is 15.2. The summed E-state index contributed by atoms with van der Waals surface area (Å²) in [6.45, 7) is 5.76. The molecule has 2 saturated carbocycles. The SMILES string of the molecule is Cc1cc(-n2c(C(C)C)c(C3CC4(CC(C(=O)O)C4)C3)c3c(O)ccc(F)c32)ccc1F. The van der Waals surface area contributed by atoms with Crippen LogP contribution in [0.2, 0.25) is 0 Å². The molecule has 1 spiro atoms. The fourth-order valence-corrected chi connectivity index (χ4v) is 6.11. The maximum Gasteiger partial charge on any atom is 0.306 e. The van der Waals surface area contributed by atoms with Crippen LogP contribution in [0, 0.1) is 29.9 Å². The van der Waals surface area contributed by atoms with E-state index in [1.165, 1.54) is 18.2 Å². The Hall–Kier alpha value is -2.89. The van der Waals surface area contributed by atoms with Crippen LogP contribution in [0.3, 0.4) is 0 Å². The van der Waals surface area contributed by atoms with Crippen molar-refractivity contribution in [2.24, 2.45) is 11.3 Å². The molecule has 0 radical (unpaired) electrons. The maximum atomic E-state index is 15.2. The van der Waals surface area contributed by atoms with Crippen LogP contribution in [-0.2, 0) is 4.79 Å². The normalized spacial score (nSPS) is 24.7. The van der Waals surface area contributed by atoms with E-state index >= 15 is 4.39 Å². The van der Waals surface area contributed by atoms with E-state index in [9.17, 15) is 19.4 Å². The minimum absolute atomic E-state index is 0.0336. The van der Waals surface area contributed by atoms with E-state index in [-0.39, 0.29) is 34.7 Å². The van der Waals surface area contributed by atoms with Crippen LogP contribution in [0.5, 0.6) is 5.75 Å². The lowest BCUT2D eigenvalue weighted by molar-refractivity contribution is -0.155. The Morgan fingerprint density at radius 1 is 1.09 bits per heavy atom. The summed E-state index contributed by atoms with van der Waals surface area (Å²) >= 11 is 0. The van der Waals surface area contributed by atoms with Gasteiger partial charge in [-0.15, -0.1) is 0 Å². The van der Waals surface area contributed by atoms with Crippen molar-refractivity contribution < 1.29 is 23.8 Å². The largest absolute Gasteiger partial charge is 0.507 e. The second kappa shape index (κ2) is 7.06. The zero-order valence-electron chi connectivity index (χ0n) is 18.5. The van der Waals surface area contributed by atoms with Crippen LogP contribution >= 0.6 is 0 Å². The number of benzene rings is 2. The fraction of sp³-hybridized carbons (Fsp3) is 0.423. The molecule has 2 aromatic carbocycles. The van der Waals surface area contributed by atoms with Crippen LogP contribution in [0.15, 0.2) is 30.3 Å². The summed E-state index contributed by atoms with van der Waals surface area (Å²) in [5, 5.41) is 20.6. The number of carbonyl (C=O) groups is 1. The molecule has 2 aliphatic carbocycles. The highest BCUT2D eigenvalue weighted by Gasteiger charge is 2.56. The van der Waals surface area contributed by atoms with Gasteiger partial charge in [0.25, 0.3) is 0 Å². The van der Waals surface area contributed by atoms with Crippen molar-refractivity contribution in [1.29, 1.82) is 0 Å². The molecule has 2 N–H and O–H groups in total. The first-order valence-electron chi connectivity index (χ1n) is 11.2. The fourth-order valence-electron chi connectivity index (χ4n) is 6.11. The van der Waals surface area contributed by atoms with E-state index in [0.717, 1.165) is 24.1 Å². The first-order valence-corrected chi connectivity index (χ1v) is 11.2. The van der Waals surface area contributed by atoms with Crippen LogP contribution in [0.4, 0.5) is 8.78 Å². The van der Waals surface area contributed by atoms with Crippen molar-refractivity contribution >= 4 is 16.9 Å². The minimum atomic E-state index is -0.732. The topological polar surface area (TPSA) is 62.5 Å². The Morgan fingerprint density at radius 3 is 2.34 bits per heavy atom. The number of nitrogens with zero attached hydrogens (tertiary/aromatic N) is 1. The Morgan fingerprint density at radius 2 is 1.75 bits per heavy atom. The highest BCUT2D eigenvalue weighted by atomic mass is 19.1. The third-order valence-corrected chi connectivity index (χ3v) is 7.54. The number of carboxylic acids is 1. The third-order valence-electron chi connectivity index (χ3n) is 7.54. The molecular formula is C26H27F2NO3. The van der Waals surface area contributed by atoms with Gasteiger partial charge < -0.3 is 14.8 Å². The summed E-state index contributed by atoms with van der Waals surface area (Å²) in [7, 11) is 0. The Balaban J connectivity index is 1.68. The molecule has 32 heavy (non-hydrogen) atoms. The number of halogens is 2. The van der Waals surface area contributed by atoms with Gasteiger partial charge in [0.05, 0.1) is 11.4 Å². The average Bonchev–Trinajstić information content (AvgIpc) is 3.02. The summed E-state index contributed by atoms with van der Waals surface area (Å²) in [6.07, 6.45) is 3.06. The van der Waals surface area contributed by atoms with E-state index in [1.807, 2.05) is 18.4 Å². The van der Waals surface area contributed by atoms with Crippen molar-refractivity contribution in [3.8, 4) is 11.4 Å². The van der Waals surface area contributed by atoms with E-state index in [0.29, 0.717) is 35.0 Å². The van der Waals surface area contributed by atoms with Gasteiger partial charge >= 0.3 is 5.97 Å². The number of aliphatic carboxylic acids is 1. The van der Waals surface area contributed by atoms with Gasteiger partial charge in [0.1, 0.15) is 17.4 Å². The summed E-state index contributed by atoms with van der Waals surface area (Å²) < 4.78 is 31.1. The molecule has 0 bridgehead atoms. The number of hydrogen-bond donors (Lipinski definition) is 2. The third kappa shape index (κ3) is 2.95. The summed E-state index contributed by atoms with van der Waals surface area (Å²) in [5.41, 5.74) is 3.35. The first kappa shape index (κ1) is 21.0. The molecular weight excluding hydrogens is 412 g/mol. The van der Waals surface area contributed by atoms with Crippen LogP contribution in [0.25, 0.3) is 16.6 Å². The van der Waals surface area contributed by atoms with Gasteiger partial charge in [-0.3, -0.25) is 4.79 Å². The highest BCUT2D eigenvalue weighted by Crippen LogP contribution is 2.65. The van der Waals surface area contributed by atoms with Gasteiger partial charge in [0.2, 0.25) is 0 Å². The number of carboxylic acid groups (broad SMARTS) is 1. The molecule has 0 atom stereocenters. The number of rotatable bonds is 4. The predicted molar refractivity (Wildman–Crippen MR) is 118 cm³/mol. The molecule has 168 valence electrons. The number of phenolic OH excluding ortho intramolecular Hbond substituents is 1. The molecule has 0 amide bonds. The molecule has 2 fully saturated rings. The lowest BCUT2D eigenvalue weighted by Crippen LogP contribution is -2.49. The first-order chi connectivity index (χ1) is 15.1. The Labute approximate surface area is 185 Å². The van der Waals surface area contributed by atoms with Crippen molar-refractivity contribution in [1.82, 2.24) is 4.57 Å². The number of phenols is 1. The lowest BCUT2D eigenvalue weighted by Gasteiger charge is -2.57. The molecule has 6 heteroatoms. The van der Waals surface area contributed by atoms with Gasteiger partial charge in [-0.2, -0.15) is 0 Å².